The highest BCUT2D eigenvalue weighted by Crippen LogP contribution is 2.68. The van der Waals surface area contributed by atoms with Crippen molar-refractivity contribution in [1.82, 2.24) is 0 Å². The van der Waals surface area contributed by atoms with Crippen molar-refractivity contribution in [2.24, 2.45) is 35.5 Å². The first-order valence-electron chi connectivity index (χ1n) is 14.8. The van der Waals surface area contributed by atoms with Crippen molar-refractivity contribution in [2.45, 2.75) is 103 Å². The zero-order valence-electron chi connectivity index (χ0n) is 23.4. The number of Topliss-reactive ketones (excluding diaryl/α,β-unsaturated/α-hetero) is 1. The summed E-state index contributed by atoms with van der Waals surface area (Å²) in [5.74, 6) is 4.99. The number of fused-ring (bicyclic) bond motifs is 3. The molecule has 0 aromatic heterocycles. The van der Waals surface area contributed by atoms with Crippen LogP contribution in [0.4, 0.5) is 0 Å². The number of benzene rings is 2. The smallest absolute Gasteiger partial charge is 0.148 e. The molecule has 4 fully saturated rings. The van der Waals surface area contributed by atoms with Gasteiger partial charge in [0.05, 0.1) is 0 Å². The van der Waals surface area contributed by atoms with Gasteiger partial charge >= 0.3 is 0 Å². The van der Waals surface area contributed by atoms with E-state index in [0.29, 0.717) is 17.6 Å². The van der Waals surface area contributed by atoms with E-state index >= 15 is 0 Å². The van der Waals surface area contributed by atoms with E-state index in [0.717, 1.165) is 23.7 Å². The summed E-state index contributed by atoms with van der Waals surface area (Å²) in [5, 5.41) is 0. The Balaban J connectivity index is 1.44. The van der Waals surface area contributed by atoms with Gasteiger partial charge in [0, 0.05) is 11.8 Å². The Morgan fingerprint density at radius 2 is 0.944 bits per heavy atom. The maximum absolute atomic E-state index is 14.5. The predicted octanol–water partition coefficient (Wildman–Crippen LogP) is 8.81. The fourth-order valence-corrected chi connectivity index (χ4v) is 9.30. The molecule has 2 aromatic rings. The van der Waals surface area contributed by atoms with Crippen molar-refractivity contribution in [1.29, 1.82) is 0 Å². The summed E-state index contributed by atoms with van der Waals surface area (Å²) in [4.78, 5) is 14.5. The first kappa shape index (κ1) is 24.4. The van der Waals surface area contributed by atoms with Crippen molar-refractivity contribution < 1.29 is 4.79 Å². The van der Waals surface area contributed by atoms with Gasteiger partial charge in [-0.15, -0.1) is 0 Å². The molecule has 0 aliphatic heterocycles. The Kier molecular flexibility index (Phi) is 5.82. The van der Waals surface area contributed by atoms with Crippen LogP contribution in [-0.2, 0) is 15.6 Å². The molecule has 0 amide bonds. The molecule has 192 valence electrons. The highest BCUT2D eigenvalue weighted by Gasteiger charge is 2.64. The van der Waals surface area contributed by atoms with Gasteiger partial charge in [0.2, 0.25) is 0 Å². The number of carbonyl (C=O) groups is 1. The van der Waals surface area contributed by atoms with Crippen molar-refractivity contribution in [3.05, 3.63) is 70.8 Å². The second-order valence-corrected chi connectivity index (χ2v) is 14.8. The fraction of sp³-hybridized carbons (Fsp3) is 0.629. The van der Waals surface area contributed by atoms with Crippen LogP contribution >= 0.6 is 0 Å². The monoisotopic (exact) mass is 482 g/mol. The molecule has 6 rings (SSSR count). The van der Waals surface area contributed by atoms with Crippen molar-refractivity contribution in [3.8, 4) is 0 Å². The third-order valence-electron chi connectivity index (χ3n) is 10.8. The van der Waals surface area contributed by atoms with Gasteiger partial charge in [-0.2, -0.15) is 0 Å². The van der Waals surface area contributed by atoms with Gasteiger partial charge in [0.25, 0.3) is 0 Å². The minimum absolute atomic E-state index is 0.0747. The SMILES string of the molecule is CC(C)(C)c1ccc(C2C(=O)C(c3ccc(C(C)(C)C)cc3)C3C4CCCC5CCCC(C54)C23)cc1. The third-order valence-corrected chi connectivity index (χ3v) is 10.8. The largest absolute Gasteiger partial charge is 0.298 e. The first-order chi connectivity index (χ1) is 17.1. The highest BCUT2D eigenvalue weighted by molar-refractivity contribution is 5.95. The molecule has 0 heterocycles. The molecule has 1 nitrogen and oxygen atoms in total. The zero-order valence-corrected chi connectivity index (χ0v) is 23.4. The molecule has 0 saturated heterocycles. The number of ketones is 1. The average molecular weight is 483 g/mol. The lowest BCUT2D eigenvalue weighted by atomic mass is 9.62. The molecule has 4 aliphatic rings. The minimum Gasteiger partial charge on any atom is -0.298 e. The lowest BCUT2D eigenvalue weighted by molar-refractivity contribution is -0.121. The maximum atomic E-state index is 14.5. The Labute approximate surface area is 219 Å². The number of carbonyl (C=O) groups excluding carboxylic acids is 1. The van der Waals surface area contributed by atoms with Gasteiger partial charge in [0.1, 0.15) is 5.78 Å². The standard InChI is InChI=1S/C35H46O/c1-34(2,3)24-17-13-22(14-18-24)29-31-26-11-7-9-21-10-8-12-27(28(21)26)32(31)30(33(29)36)23-15-19-25(20-16-23)35(4,5)6/h13-21,26-32H,7-12H2,1-6H3. The molecule has 0 radical (unpaired) electrons. The lowest BCUT2D eigenvalue weighted by Gasteiger charge is -2.43. The van der Waals surface area contributed by atoms with Crippen LogP contribution in [0, 0.1) is 35.5 Å². The van der Waals surface area contributed by atoms with Crippen LogP contribution in [0.1, 0.15) is 114 Å². The topological polar surface area (TPSA) is 17.1 Å². The second kappa shape index (κ2) is 8.57. The van der Waals surface area contributed by atoms with Crippen LogP contribution in [0.15, 0.2) is 48.5 Å². The molecule has 0 bridgehead atoms. The summed E-state index contributed by atoms with van der Waals surface area (Å²) < 4.78 is 0. The zero-order chi connectivity index (χ0) is 25.4. The molecule has 6 unspecified atom stereocenters. The van der Waals surface area contributed by atoms with Crippen molar-refractivity contribution in [3.63, 3.8) is 0 Å². The van der Waals surface area contributed by atoms with E-state index in [-0.39, 0.29) is 22.7 Å². The molecule has 36 heavy (non-hydrogen) atoms. The van der Waals surface area contributed by atoms with Crippen LogP contribution in [0.2, 0.25) is 0 Å². The van der Waals surface area contributed by atoms with Crippen LogP contribution in [0.5, 0.6) is 0 Å². The van der Waals surface area contributed by atoms with Crippen molar-refractivity contribution >= 4 is 5.78 Å². The van der Waals surface area contributed by atoms with Gasteiger partial charge in [-0.3, -0.25) is 4.79 Å². The predicted molar refractivity (Wildman–Crippen MR) is 149 cm³/mol. The molecule has 4 aliphatic carbocycles. The summed E-state index contributed by atoms with van der Waals surface area (Å²) in [6.45, 7) is 13.7. The second-order valence-electron chi connectivity index (χ2n) is 14.8. The number of hydrogen-bond acceptors (Lipinski definition) is 1. The molecular weight excluding hydrogens is 436 g/mol. The lowest BCUT2D eigenvalue weighted by Crippen LogP contribution is -2.36. The molecule has 0 spiro atoms. The van der Waals surface area contributed by atoms with Gasteiger partial charge in [0.15, 0.2) is 0 Å². The van der Waals surface area contributed by atoms with Gasteiger partial charge in [-0.05, 0) is 81.4 Å². The van der Waals surface area contributed by atoms with Gasteiger partial charge < -0.3 is 0 Å². The van der Waals surface area contributed by atoms with E-state index < -0.39 is 0 Å². The van der Waals surface area contributed by atoms with Crippen LogP contribution in [0.3, 0.4) is 0 Å². The fourth-order valence-electron chi connectivity index (χ4n) is 9.30. The normalized spacial score (nSPS) is 36.0. The Morgan fingerprint density at radius 1 is 0.556 bits per heavy atom. The van der Waals surface area contributed by atoms with Crippen LogP contribution in [-0.4, -0.2) is 5.78 Å². The molecule has 1 heteroatoms. The Bertz CT molecular complexity index is 1020. The van der Waals surface area contributed by atoms with E-state index in [4.69, 9.17) is 0 Å². The summed E-state index contributed by atoms with van der Waals surface area (Å²) in [6, 6.07) is 18.5. The van der Waals surface area contributed by atoms with E-state index in [9.17, 15) is 4.79 Å². The summed E-state index contributed by atoms with van der Waals surface area (Å²) in [6.07, 6.45) is 8.30. The third kappa shape index (κ3) is 3.83. The molecule has 6 atom stereocenters. The Morgan fingerprint density at radius 3 is 1.31 bits per heavy atom. The van der Waals surface area contributed by atoms with E-state index in [1.54, 1.807) is 0 Å². The molecule has 4 saturated carbocycles. The summed E-state index contributed by atoms with van der Waals surface area (Å²) in [7, 11) is 0. The summed E-state index contributed by atoms with van der Waals surface area (Å²) in [5.41, 5.74) is 5.57. The van der Waals surface area contributed by atoms with Crippen molar-refractivity contribution in [2.75, 3.05) is 0 Å². The minimum atomic E-state index is 0.0747. The summed E-state index contributed by atoms with van der Waals surface area (Å²) >= 11 is 0. The molecule has 0 N–H and O–H groups in total. The van der Waals surface area contributed by atoms with Gasteiger partial charge in [-0.1, -0.05) is 116 Å². The molecule has 2 aromatic carbocycles. The number of rotatable bonds is 2. The quantitative estimate of drug-likeness (QED) is 0.418. The molecular formula is C35H46O. The average Bonchev–Trinajstić information content (AvgIpc) is 3.31. The van der Waals surface area contributed by atoms with Gasteiger partial charge in [-0.25, -0.2) is 0 Å². The first-order valence-corrected chi connectivity index (χ1v) is 14.8. The van der Waals surface area contributed by atoms with E-state index in [1.807, 2.05) is 0 Å². The van der Waals surface area contributed by atoms with Crippen LogP contribution < -0.4 is 0 Å². The van der Waals surface area contributed by atoms with E-state index in [1.165, 1.54) is 60.8 Å². The number of hydrogen-bond donors (Lipinski definition) is 0. The highest BCUT2D eigenvalue weighted by atomic mass is 16.1. The van der Waals surface area contributed by atoms with E-state index in [2.05, 4.69) is 90.1 Å². The van der Waals surface area contributed by atoms with Crippen LogP contribution in [0.25, 0.3) is 0 Å². The Hall–Kier alpha value is -1.89. The maximum Gasteiger partial charge on any atom is 0.148 e.